The third kappa shape index (κ3) is 1.12. The fourth-order valence-electron chi connectivity index (χ4n) is 1.71. The van der Waals surface area contributed by atoms with E-state index in [0.29, 0.717) is 6.54 Å². The molecule has 0 unspecified atom stereocenters. The standard InChI is InChI=1S/C10H13N3/c1-7-10-9(3-4-13(10)2)8(5-11)6-12-7/h3-4,6H,5,11H2,1-2H3. The van der Waals surface area contributed by atoms with Crippen molar-refractivity contribution in [3.05, 3.63) is 29.7 Å². The Morgan fingerprint density at radius 2 is 2.31 bits per heavy atom. The van der Waals surface area contributed by atoms with Gasteiger partial charge in [-0.15, -0.1) is 0 Å². The zero-order valence-corrected chi connectivity index (χ0v) is 7.91. The monoisotopic (exact) mass is 175 g/mol. The molecule has 0 bridgehead atoms. The van der Waals surface area contributed by atoms with E-state index in [-0.39, 0.29) is 0 Å². The van der Waals surface area contributed by atoms with Gasteiger partial charge in [0.15, 0.2) is 0 Å². The largest absolute Gasteiger partial charge is 0.349 e. The highest BCUT2D eigenvalue weighted by atomic mass is 14.9. The number of hydrogen-bond donors (Lipinski definition) is 1. The first-order valence-electron chi connectivity index (χ1n) is 4.33. The molecule has 0 radical (unpaired) electrons. The van der Waals surface area contributed by atoms with E-state index in [1.54, 1.807) is 0 Å². The minimum absolute atomic E-state index is 0.549. The van der Waals surface area contributed by atoms with Gasteiger partial charge in [-0.3, -0.25) is 4.98 Å². The third-order valence-electron chi connectivity index (χ3n) is 2.40. The van der Waals surface area contributed by atoms with Crippen LogP contribution >= 0.6 is 0 Å². The Balaban J connectivity index is 2.87. The van der Waals surface area contributed by atoms with Crippen LogP contribution in [0.15, 0.2) is 18.5 Å². The van der Waals surface area contributed by atoms with Crippen molar-refractivity contribution in [2.75, 3.05) is 0 Å². The topological polar surface area (TPSA) is 43.8 Å². The SMILES string of the molecule is Cc1ncc(CN)c2ccn(C)c12. The first-order valence-corrected chi connectivity index (χ1v) is 4.33. The minimum Gasteiger partial charge on any atom is -0.349 e. The van der Waals surface area contributed by atoms with Crippen molar-refractivity contribution < 1.29 is 0 Å². The van der Waals surface area contributed by atoms with Crippen molar-refractivity contribution in [2.24, 2.45) is 12.8 Å². The number of aryl methyl sites for hydroxylation is 2. The quantitative estimate of drug-likeness (QED) is 0.710. The van der Waals surface area contributed by atoms with Gasteiger partial charge in [0.2, 0.25) is 0 Å². The molecule has 0 amide bonds. The Bertz CT molecular complexity index is 443. The van der Waals surface area contributed by atoms with Gasteiger partial charge in [0, 0.05) is 31.4 Å². The highest BCUT2D eigenvalue weighted by Crippen LogP contribution is 2.20. The molecule has 13 heavy (non-hydrogen) atoms. The zero-order valence-electron chi connectivity index (χ0n) is 7.91. The van der Waals surface area contributed by atoms with Gasteiger partial charge >= 0.3 is 0 Å². The lowest BCUT2D eigenvalue weighted by molar-refractivity contribution is 0.952. The molecule has 3 nitrogen and oxygen atoms in total. The highest BCUT2D eigenvalue weighted by Gasteiger charge is 2.05. The Morgan fingerprint density at radius 3 is 3.00 bits per heavy atom. The molecule has 0 saturated carbocycles. The van der Waals surface area contributed by atoms with Crippen LogP contribution in [-0.2, 0) is 13.6 Å². The molecule has 3 heteroatoms. The lowest BCUT2D eigenvalue weighted by atomic mass is 10.1. The molecule has 0 aliphatic carbocycles. The molecular weight excluding hydrogens is 162 g/mol. The van der Waals surface area contributed by atoms with Crippen molar-refractivity contribution in [3.8, 4) is 0 Å². The van der Waals surface area contributed by atoms with Gasteiger partial charge in [0.1, 0.15) is 0 Å². The number of hydrogen-bond acceptors (Lipinski definition) is 2. The van der Waals surface area contributed by atoms with Crippen LogP contribution in [0.5, 0.6) is 0 Å². The summed E-state index contributed by atoms with van der Waals surface area (Å²) in [6.07, 6.45) is 3.90. The average Bonchev–Trinajstić information content (AvgIpc) is 2.50. The number of fused-ring (bicyclic) bond motifs is 1. The number of nitrogens with zero attached hydrogens (tertiary/aromatic N) is 2. The maximum atomic E-state index is 5.63. The number of rotatable bonds is 1. The first kappa shape index (κ1) is 8.26. The minimum atomic E-state index is 0.549. The second kappa shape index (κ2) is 2.85. The predicted molar refractivity (Wildman–Crippen MR) is 53.3 cm³/mol. The van der Waals surface area contributed by atoms with Crippen molar-refractivity contribution in [3.63, 3.8) is 0 Å². The lowest BCUT2D eigenvalue weighted by Gasteiger charge is -2.03. The van der Waals surface area contributed by atoms with Crippen LogP contribution in [0.2, 0.25) is 0 Å². The third-order valence-corrected chi connectivity index (χ3v) is 2.40. The van der Waals surface area contributed by atoms with Gasteiger partial charge < -0.3 is 10.3 Å². The molecule has 0 aromatic carbocycles. The van der Waals surface area contributed by atoms with Crippen LogP contribution in [0, 0.1) is 6.92 Å². The van der Waals surface area contributed by atoms with Crippen molar-refractivity contribution in [2.45, 2.75) is 13.5 Å². The van der Waals surface area contributed by atoms with Crippen molar-refractivity contribution in [1.29, 1.82) is 0 Å². The summed E-state index contributed by atoms with van der Waals surface area (Å²) in [4.78, 5) is 4.31. The molecule has 0 aliphatic heterocycles. The van der Waals surface area contributed by atoms with Gasteiger partial charge in [-0.25, -0.2) is 0 Å². The molecule has 0 fully saturated rings. The van der Waals surface area contributed by atoms with Crippen LogP contribution in [0.3, 0.4) is 0 Å². The van der Waals surface area contributed by atoms with Gasteiger partial charge in [-0.1, -0.05) is 0 Å². The molecule has 2 aromatic heterocycles. The molecule has 2 heterocycles. The fourth-order valence-corrected chi connectivity index (χ4v) is 1.71. The van der Waals surface area contributed by atoms with Gasteiger partial charge in [0.05, 0.1) is 11.2 Å². The van der Waals surface area contributed by atoms with Crippen molar-refractivity contribution >= 4 is 10.9 Å². The van der Waals surface area contributed by atoms with E-state index in [4.69, 9.17) is 5.73 Å². The average molecular weight is 175 g/mol. The van der Waals surface area contributed by atoms with Crippen LogP contribution < -0.4 is 5.73 Å². The second-order valence-electron chi connectivity index (χ2n) is 3.26. The summed E-state index contributed by atoms with van der Waals surface area (Å²) in [6, 6.07) is 2.09. The van der Waals surface area contributed by atoms with E-state index in [0.717, 1.165) is 11.3 Å². The van der Waals surface area contributed by atoms with Crippen molar-refractivity contribution in [1.82, 2.24) is 9.55 Å². The van der Waals surface area contributed by atoms with Crippen LogP contribution in [0.4, 0.5) is 0 Å². The van der Waals surface area contributed by atoms with E-state index in [1.165, 1.54) is 10.9 Å². The lowest BCUT2D eigenvalue weighted by Crippen LogP contribution is -1.99. The van der Waals surface area contributed by atoms with E-state index < -0.39 is 0 Å². The number of pyridine rings is 1. The molecular formula is C10H13N3. The molecule has 0 spiro atoms. The number of aromatic nitrogens is 2. The Hall–Kier alpha value is -1.35. The Morgan fingerprint density at radius 1 is 1.54 bits per heavy atom. The summed E-state index contributed by atoms with van der Waals surface area (Å²) in [5.41, 5.74) is 8.98. The Kier molecular flexibility index (Phi) is 1.81. The molecule has 2 aromatic rings. The summed E-state index contributed by atoms with van der Waals surface area (Å²) in [5, 5.41) is 1.22. The number of nitrogens with two attached hydrogens (primary N) is 1. The summed E-state index contributed by atoms with van der Waals surface area (Å²) >= 11 is 0. The summed E-state index contributed by atoms with van der Waals surface area (Å²) in [6.45, 7) is 2.57. The summed E-state index contributed by atoms with van der Waals surface area (Å²) in [5.74, 6) is 0. The highest BCUT2D eigenvalue weighted by molar-refractivity contribution is 5.85. The van der Waals surface area contributed by atoms with Gasteiger partial charge in [-0.05, 0) is 18.6 Å². The molecule has 0 saturated heterocycles. The first-order chi connectivity index (χ1) is 6.24. The fraction of sp³-hybridized carbons (Fsp3) is 0.300. The van der Waals surface area contributed by atoms with Crippen LogP contribution in [-0.4, -0.2) is 9.55 Å². The van der Waals surface area contributed by atoms with Crippen LogP contribution in [0.25, 0.3) is 10.9 Å². The molecule has 2 N–H and O–H groups in total. The van der Waals surface area contributed by atoms with Crippen LogP contribution in [0.1, 0.15) is 11.3 Å². The molecule has 2 rings (SSSR count). The van der Waals surface area contributed by atoms with E-state index in [1.807, 2.05) is 26.4 Å². The maximum Gasteiger partial charge on any atom is 0.0697 e. The summed E-state index contributed by atoms with van der Waals surface area (Å²) < 4.78 is 2.08. The van der Waals surface area contributed by atoms with E-state index in [2.05, 4.69) is 15.6 Å². The predicted octanol–water partition coefficient (Wildman–Crippen LogP) is 1.34. The summed E-state index contributed by atoms with van der Waals surface area (Å²) in [7, 11) is 2.03. The molecule has 0 aliphatic rings. The smallest absolute Gasteiger partial charge is 0.0697 e. The maximum absolute atomic E-state index is 5.63. The van der Waals surface area contributed by atoms with E-state index in [9.17, 15) is 0 Å². The second-order valence-corrected chi connectivity index (χ2v) is 3.26. The Labute approximate surface area is 77.2 Å². The normalized spacial score (nSPS) is 11.0. The van der Waals surface area contributed by atoms with E-state index >= 15 is 0 Å². The van der Waals surface area contributed by atoms with Gasteiger partial charge in [0.25, 0.3) is 0 Å². The molecule has 0 atom stereocenters. The molecule has 68 valence electrons. The van der Waals surface area contributed by atoms with Gasteiger partial charge in [-0.2, -0.15) is 0 Å². The zero-order chi connectivity index (χ0) is 9.42.